The Morgan fingerprint density at radius 3 is 2.77 bits per heavy atom. The molecule has 0 spiro atoms. The highest BCUT2D eigenvalue weighted by Gasteiger charge is 2.21. The number of hydrogen-bond acceptors (Lipinski definition) is 4. The van der Waals surface area contributed by atoms with E-state index in [4.69, 9.17) is 9.72 Å². The van der Waals surface area contributed by atoms with Crippen molar-refractivity contribution in [3.05, 3.63) is 70.2 Å². The van der Waals surface area contributed by atoms with Gasteiger partial charge in [0.25, 0.3) is 0 Å². The summed E-state index contributed by atoms with van der Waals surface area (Å²) >= 11 is 0. The first-order valence-electron chi connectivity index (χ1n) is 10.6. The van der Waals surface area contributed by atoms with E-state index in [2.05, 4.69) is 23.5 Å². The zero-order valence-corrected chi connectivity index (χ0v) is 18.0. The topological polar surface area (TPSA) is 71.5 Å². The molecule has 1 aliphatic rings. The second kappa shape index (κ2) is 8.63. The molecule has 2 aromatic carbocycles. The van der Waals surface area contributed by atoms with Gasteiger partial charge in [0.15, 0.2) is 0 Å². The van der Waals surface area contributed by atoms with Crippen LogP contribution in [0.4, 0.5) is 10.1 Å². The third-order valence-electron chi connectivity index (χ3n) is 5.99. The van der Waals surface area contributed by atoms with Crippen molar-refractivity contribution >= 4 is 22.6 Å². The number of nitrogens with zero attached hydrogens (tertiary/aromatic N) is 1. The highest BCUT2D eigenvalue weighted by Crippen LogP contribution is 2.34. The van der Waals surface area contributed by atoms with Crippen LogP contribution in [0.25, 0.3) is 10.9 Å². The molecule has 6 heteroatoms. The molecule has 31 heavy (non-hydrogen) atoms. The lowest BCUT2D eigenvalue weighted by Crippen LogP contribution is -2.17. The average Bonchev–Trinajstić information content (AvgIpc) is 2.74. The van der Waals surface area contributed by atoms with E-state index in [1.54, 1.807) is 0 Å². The van der Waals surface area contributed by atoms with Crippen molar-refractivity contribution in [2.45, 2.75) is 45.6 Å². The van der Waals surface area contributed by atoms with E-state index >= 15 is 0 Å². The van der Waals surface area contributed by atoms with Gasteiger partial charge in [-0.15, -0.1) is 0 Å². The molecule has 162 valence electrons. The van der Waals surface area contributed by atoms with Crippen molar-refractivity contribution in [2.24, 2.45) is 0 Å². The number of rotatable bonds is 5. The van der Waals surface area contributed by atoms with Crippen LogP contribution in [-0.4, -0.2) is 29.3 Å². The standard InChI is InChI=1S/C25H27FN2O3/c1-14-9-20(16(3)27-23-7-6-18(26)11-22(23)25(29)30)21-12-19(15(2)28-24(21)10-14)17-5-4-8-31-13-17/h6-7,9-12,16-17,27H,4-5,8,13H2,1-3H3,(H,29,30)/t16-,17-/m1/s1. The van der Waals surface area contributed by atoms with Crippen LogP contribution in [0.2, 0.25) is 0 Å². The molecular formula is C25H27FN2O3. The van der Waals surface area contributed by atoms with E-state index in [0.717, 1.165) is 53.2 Å². The van der Waals surface area contributed by atoms with Gasteiger partial charge >= 0.3 is 5.97 Å². The Bertz CT molecular complexity index is 1140. The normalized spacial score (nSPS) is 17.5. The van der Waals surface area contributed by atoms with Crippen LogP contribution < -0.4 is 5.32 Å². The fraction of sp³-hybridized carbons (Fsp3) is 0.360. The number of aromatic carboxylic acids is 1. The molecule has 0 aliphatic carbocycles. The Kier molecular flexibility index (Phi) is 5.92. The number of carboxylic acid groups (broad SMARTS) is 1. The number of carbonyl (C=O) groups is 1. The lowest BCUT2D eigenvalue weighted by molar-refractivity contribution is 0.0697. The summed E-state index contributed by atoms with van der Waals surface area (Å²) in [5.74, 6) is -1.41. The van der Waals surface area contributed by atoms with E-state index in [9.17, 15) is 14.3 Å². The van der Waals surface area contributed by atoms with Gasteiger partial charge < -0.3 is 15.2 Å². The second-order valence-corrected chi connectivity index (χ2v) is 8.36. The van der Waals surface area contributed by atoms with Crippen molar-refractivity contribution in [3.63, 3.8) is 0 Å². The summed E-state index contributed by atoms with van der Waals surface area (Å²) in [6, 6.07) is 9.96. The van der Waals surface area contributed by atoms with Gasteiger partial charge in [0.05, 0.1) is 17.7 Å². The molecule has 0 radical (unpaired) electrons. The van der Waals surface area contributed by atoms with Crippen LogP contribution >= 0.6 is 0 Å². The Morgan fingerprint density at radius 1 is 1.26 bits per heavy atom. The van der Waals surface area contributed by atoms with Crippen molar-refractivity contribution < 1.29 is 19.0 Å². The Balaban J connectivity index is 1.76. The lowest BCUT2D eigenvalue weighted by atomic mass is 9.89. The van der Waals surface area contributed by atoms with Crippen molar-refractivity contribution in [1.29, 1.82) is 0 Å². The number of halogens is 1. The monoisotopic (exact) mass is 422 g/mol. The second-order valence-electron chi connectivity index (χ2n) is 8.36. The summed E-state index contributed by atoms with van der Waals surface area (Å²) in [6.07, 6.45) is 2.13. The van der Waals surface area contributed by atoms with Gasteiger partial charge in [0.1, 0.15) is 5.82 Å². The molecule has 0 saturated carbocycles. The number of benzene rings is 2. The van der Waals surface area contributed by atoms with E-state index in [-0.39, 0.29) is 11.6 Å². The minimum atomic E-state index is -1.17. The number of aryl methyl sites for hydroxylation is 2. The molecule has 0 bridgehead atoms. The maximum atomic E-state index is 13.6. The molecule has 2 N–H and O–H groups in total. The van der Waals surface area contributed by atoms with Gasteiger partial charge in [-0.3, -0.25) is 4.98 Å². The Labute approximate surface area is 181 Å². The van der Waals surface area contributed by atoms with E-state index in [1.165, 1.54) is 17.7 Å². The Morgan fingerprint density at radius 2 is 2.06 bits per heavy atom. The smallest absolute Gasteiger partial charge is 0.337 e. The fourth-order valence-electron chi connectivity index (χ4n) is 4.45. The summed E-state index contributed by atoms with van der Waals surface area (Å²) in [5.41, 5.74) is 5.55. The third-order valence-corrected chi connectivity index (χ3v) is 5.99. The largest absolute Gasteiger partial charge is 0.478 e. The first-order valence-corrected chi connectivity index (χ1v) is 10.6. The zero-order chi connectivity index (χ0) is 22.1. The molecule has 1 aliphatic heterocycles. The molecule has 1 fully saturated rings. The minimum absolute atomic E-state index is 0.0854. The molecule has 3 aromatic rings. The molecular weight excluding hydrogens is 395 g/mol. The van der Waals surface area contributed by atoms with Crippen LogP contribution in [0.15, 0.2) is 36.4 Å². The quantitative estimate of drug-likeness (QED) is 0.547. The molecule has 1 aromatic heterocycles. The third kappa shape index (κ3) is 4.39. The number of ether oxygens (including phenoxy) is 1. The number of pyridine rings is 1. The van der Waals surface area contributed by atoms with Gasteiger partial charge in [0.2, 0.25) is 0 Å². The summed E-state index contributed by atoms with van der Waals surface area (Å²) in [4.78, 5) is 16.5. The number of hydrogen-bond donors (Lipinski definition) is 2. The summed E-state index contributed by atoms with van der Waals surface area (Å²) in [5, 5.41) is 13.8. The van der Waals surface area contributed by atoms with Crippen LogP contribution in [0.1, 0.15) is 64.5 Å². The molecule has 2 atom stereocenters. The fourth-order valence-corrected chi connectivity index (χ4v) is 4.45. The van der Waals surface area contributed by atoms with E-state index in [1.807, 2.05) is 20.8 Å². The maximum absolute atomic E-state index is 13.6. The number of fused-ring (bicyclic) bond motifs is 1. The van der Waals surface area contributed by atoms with Gasteiger partial charge in [-0.1, -0.05) is 6.07 Å². The first kappa shape index (κ1) is 21.2. The maximum Gasteiger partial charge on any atom is 0.337 e. The first-order chi connectivity index (χ1) is 14.8. The van der Waals surface area contributed by atoms with Gasteiger partial charge in [0, 0.05) is 35.3 Å². The summed E-state index contributed by atoms with van der Waals surface area (Å²) in [6.45, 7) is 7.57. The SMILES string of the molecule is Cc1cc([C@@H](C)Nc2ccc(F)cc2C(=O)O)c2cc([C@@H]3CCCOC3)c(C)nc2c1. The minimum Gasteiger partial charge on any atom is -0.478 e. The number of carboxylic acids is 1. The molecule has 0 amide bonds. The lowest BCUT2D eigenvalue weighted by Gasteiger charge is -2.25. The highest BCUT2D eigenvalue weighted by atomic mass is 19.1. The Hall–Kier alpha value is -2.99. The number of nitrogens with one attached hydrogen (secondary N) is 1. The highest BCUT2D eigenvalue weighted by molar-refractivity contribution is 5.94. The molecule has 2 heterocycles. The zero-order valence-electron chi connectivity index (χ0n) is 18.0. The van der Waals surface area contributed by atoms with Crippen molar-refractivity contribution in [2.75, 3.05) is 18.5 Å². The van der Waals surface area contributed by atoms with Crippen LogP contribution in [0.3, 0.4) is 0 Å². The van der Waals surface area contributed by atoms with Gasteiger partial charge in [-0.2, -0.15) is 0 Å². The number of aromatic nitrogens is 1. The molecule has 5 nitrogen and oxygen atoms in total. The van der Waals surface area contributed by atoms with E-state index < -0.39 is 11.8 Å². The molecule has 4 rings (SSSR count). The van der Waals surface area contributed by atoms with Gasteiger partial charge in [-0.05, 0) is 80.6 Å². The van der Waals surface area contributed by atoms with Crippen LogP contribution in [0, 0.1) is 19.7 Å². The molecule has 0 unspecified atom stereocenters. The van der Waals surface area contributed by atoms with E-state index in [0.29, 0.717) is 18.2 Å². The number of anilines is 1. The average molecular weight is 423 g/mol. The van der Waals surface area contributed by atoms with Crippen LogP contribution in [0.5, 0.6) is 0 Å². The van der Waals surface area contributed by atoms with Crippen molar-refractivity contribution in [1.82, 2.24) is 4.98 Å². The van der Waals surface area contributed by atoms with Crippen LogP contribution in [-0.2, 0) is 4.74 Å². The van der Waals surface area contributed by atoms with Gasteiger partial charge in [-0.25, -0.2) is 9.18 Å². The predicted molar refractivity (Wildman–Crippen MR) is 119 cm³/mol. The van der Waals surface area contributed by atoms with Crippen molar-refractivity contribution in [3.8, 4) is 0 Å². The summed E-state index contributed by atoms with van der Waals surface area (Å²) < 4.78 is 19.3. The predicted octanol–water partition coefficient (Wildman–Crippen LogP) is 5.76. The molecule has 1 saturated heterocycles. The summed E-state index contributed by atoms with van der Waals surface area (Å²) in [7, 11) is 0.